The zero-order chi connectivity index (χ0) is 26.3. The molecule has 5 N–H and O–H groups in total. The maximum atomic E-state index is 13.5. The summed E-state index contributed by atoms with van der Waals surface area (Å²) in [5.41, 5.74) is 6.61. The monoisotopic (exact) mass is 514 g/mol. The Morgan fingerprint density at radius 3 is 2.44 bits per heavy atom. The number of amides is 1. The predicted octanol–water partition coefficient (Wildman–Crippen LogP) is 4.10. The van der Waals surface area contributed by atoms with Crippen LogP contribution < -0.4 is 21.3 Å². The van der Waals surface area contributed by atoms with E-state index in [-0.39, 0.29) is 5.91 Å². The van der Waals surface area contributed by atoms with Crippen LogP contribution in [0.1, 0.15) is 34.1 Å². The standard InChI is InChI=1S/C25H35FN8OS/c1-5-23(35)29-18-6-8-19(9-7-18)36-24-31-21(30-20(28)14-17(2)27)15-22(32-24)33-10-12-34(13-11-33)25(3,4)16-26/h6-9,14-15,27H,5,10-13,16,28H2,1-4H3,(H,29,35)(H,30,31,32)/b20-14+,27-17?. The molecular weight excluding hydrogens is 479 g/mol. The fraction of sp³-hybridized carbons (Fsp3) is 0.440. The number of aromatic nitrogens is 2. The fourth-order valence-corrected chi connectivity index (χ4v) is 4.45. The molecule has 0 bridgehead atoms. The smallest absolute Gasteiger partial charge is 0.224 e. The van der Waals surface area contributed by atoms with Gasteiger partial charge in [0.2, 0.25) is 5.91 Å². The van der Waals surface area contributed by atoms with Gasteiger partial charge >= 0.3 is 0 Å². The van der Waals surface area contributed by atoms with E-state index >= 15 is 0 Å². The summed E-state index contributed by atoms with van der Waals surface area (Å²) in [7, 11) is 0. The van der Waals surface area contributed by atoms with Crippen molar-refractivity contribution in [1.82, 2.24) is 14.9 Å². The van der Waals surface area contributed by atoms with Crippen LogP contribution in [0.4, 0.5) is 21.7 Å². The van der Waals surface area contributed by atoms with E-state index in [1.165, 1.54) is 17.8 Å². The number of anilines is 3. The molecule has 1 aliphatic heterocycles. The fourth-order valence-electron chi connectivity index (χ4n) is 3.69. The number of hydrogen-bond donors (Lipinski definition) is 4. The Bertz CT molecular complexity index is 1100. The van der Waals surface area contributed by atoms with Gasteiger partial charge in [-0.15, -0.1) is 0 Å². The third-order valence-electron chi connectivity index (χ3n) is 5.79. The first-order valence-electron chi connectivity index (χ1n) is 11.9. The first kappa shape index (κ1) is 27.4. The Labute approximate surface area is 216 Å². The van der Waals surface area contributed by atoms with Crippen LogP contribution in [0, 0.1) is 5.41 Å². The van der Waals surface area contributed by atoms with E-state index in [0.29, 0.717) is 42.0 Å². The average Bonchev–Trinajstić information content (AvgIpc) is 2.84. The highest BCUT2D eigenvalue weighted by molar-refractivity contribution is 7.99. The maximum absolute atomic E-state index is 13.5. The van der Waals surface area contributed by atoms with Crippen molar-refractivity contribution in [2.45, 2.75) is 49.7 Å². The number of nitrogens with zero attached hydrogens (tertiary/aromatic N) is 4. The van der Waals surface area contributed by atoms with Crippen molar-refractivity contribution in [2.75, 3.05) is 48.4 Å². The second-order valence-electron chi connectivity index (χ2n) is 9.25. The summed E-state index contributed by atoms with van der Waals surface area (Å²) in [6, 6.07) is 9.34. The van der Waals surface area contributed by atoms with Crippen molar-refractivity contribution in [2.24, 2.45) is 5.73 Å². The molecule has 194 valence electrons. The summed E-state index contributed by atoms with van der Waals surface area (Å²) < 4.78 is 13.5. The molecule has 11 heteroatoms. The van der Waals surface area contributed by atoms with E-state index in [1.807, 2.05) is 51.1 Å². The lowest BCUT2D eigenvalue weighted by Crippen LogP contribution is -2.55. The molecule has 1 fully saturated rings. The predicted molar refractivity (Wildman–Crippen MR) is 145 cm³/mol. The number of rotatable bonds is 10. The molecule has 1 amide bonds. The number of hydrogen-bond acceptors (Lipinski definition) is 9. The van der Waals surface area contributed by atoms with Crippen LogP contribution in [0.15, 0.2) is 52.3 Å². The van der Waals surface area contributed by atoms with E-state index in [2.05, 4.69) is 25.4 Å². The summed E-state index contributed by atoms with van der Waals surface area (Å²) in [4.78, 5) is 26.3. The highest BCUT2D eigenvalue weighted by Crippen LogP contribution is 2.30. The molecule has 0 aliphatic carbocycles. The molecule has 0 unspecified atom stereocenters. The van der Waals surface area contributed by atoms with E-state index in [4.69, 9.17) is 16.1 Å². The topological polar surface area (TPSA) is 123 Å². The van der Waals surface area contributed by atoms with E-state index in [0.717, 1.165) is 29.5 Å². The highest BCUT2D eigenvalue weighted by atomic mass is 32.2. The summed E-state index contributed by atoms with van der Waals surface area (Å²) in [6.45, 7) is 9.77. The molecule has 0 radical (unpaired) electrons. The Kier molecular flexibility index (Phi) is 9.27. The molecule has 0 saturated carbocycles. The summed E-state index contributed by atoms with van der Waals surface area (Å²) in [5.74, 6) is 1.55. The van der Waals surface area contributed by atoms with Crippen LogP contribution in [0.5, 0.6) is 0 Å². The molecule has 3 rings (SSSR count). The van der Waals surface area contributed by atoms with Gasteiger partial charge in [-0.25, -0.2) is 14.4 Å². The van der Waals surface area contributed by atoms with Crippen molar-refractivity contribution in [1.29, 1.82) is 5.41 Å². The molecule has 9 nitrogen and oxygen atoms in total. The number of piperazine rings is 1. The Morgan fingerprint density at radius 2 is 1.86 bits per heavy atom. The molecule has 36 heavy (non-hydrogen) atoms. The van der Waals surface area contributed by atoms with Crippen molar-refractivity contribution in [3.63, 3.8) is 0 Å². The van der Waals surface area contributed by atoms with Gasteiger partial charge in [-0.2, -0.15) is 0 Å². The number of allylic oxidation sites excluding steroid dienone is 1. The minimum absolute atomic E-state index is 0.0389. The summed E-state index contributed by atoms with van der Waals surface area (Å²) >= 11 is 1.40. The van der Waals surface area contributed by atoms with Gasteiger partial charge in [-0.3, -0.25) is 9.69 Å². The Morgan fingerprint density at radius 1 is 1.19 bits per heavy atom. The van der Waals surface area contributed by atoms with Crippen molar-refractivity contribution in [3.8, 4) is 0 Å². The zero-order valence-electron chi connectivity index (χ0n) is 21.3. The van der Waals surface area contributed by atoms with E-state index in [9.17, 15) is 9.18 Å². The first-order valence-corrected chi connectivity index (χ1v) is 12.7. The molecule has 1 aliphatic rings. The summed E-state index contributed by atoms with van der Waals surface area (Å²) in [6.07, 6.45) is 1.94. The average molecular weight is 515 g/mol. The van der Waals surface area contributed by atoms with Crippen LogP contribution in [-0.2, 0) is 4.79 Å². The molecule has 2 heterocycles. The maximum Gasteiger partial charge on any atom is 0.224 e. The van der Waals surface area contributed by atoms with Crippen LogP contribution >= 0.6 is 11.8 Å². The van der Waals surface area contributed by atoms with Gasteiger partial charge in [0.15, 0.2) is 5.16 Å². The molecule has 1 aromatic carbocycles. The number of alkyl halides is 1. The number of halogens is 1. The number of nitrogens with one attached hydrogen (secondary N) is 3. The quantitative estimate of drug-likeness (QED) is 0.276. The lowest BCUT2D eigenvalue weighted by atomic mass is 10.0. The first-order chi connectivity index (χ1) is 17.1. The second-order valence-corrected chi connectivity index (χ2v) is 10.3. The van der Waals surface area contributed by atoms with Crippen molar-refractivity contribution >= 4 is 40.7 Å². The van der Waals surface area contributed by atoms with E-state index in [1.54, 1.807) is 6.92 Å². The second kappa shape index (κ2) is 12.2. The molecule has 1 saturated heterocycles. The largest absolute Gasteiger partial charge is 0.385 e. The van der Waals surface area contributed by atoms with Gasteiger partial charge < -0.3 is 26.7 Å². The van der Waals surface area contributed by atoms with Crippen LogP contribution in [-0.4, -0.2) is 64.9 Å². The van der Waals surface area contributed by atoms with Crippen molar-refractivity contribution in [3.05, 3.63) is 42.2 Å². The molecule has 0 spiro atoms. The van der Waals surface area contributed by atoms with Crippen molar-refractivity contribution < 1.29 is 9.18 Å². The lowest BCUT2D eigenvalue weighted by molar-refractivity contribution is -0.115. The van der Waals surface area contributed by atoms with E-state index < -0.39 is 12.2 Å². The van der Waals surface area contributed by atoms with Gasteiger partial charge in [0.05, 0.1) is 0 Å². The number of carbonyl (C=O) groups excluding carboxylic acids is 1. The minimum Gasteiger partial charge on any atom is -0.385 e. The third-order valence-corrected chi connectivity index (χ3v) is 6.66. The lowest BCUT2D eigenvalue weighted by Gasteiger charge is -2.43. The normalized spacial score (nSPS) is 15.0. The Hall–Kier alpha value is -3.18. The highest BCUT2D eigenvalue weighted by Gasteiger charge is 2.30. The van der Waals surface area contributed by atoms with Gasteiger partial charge in [0.25, 0.3) is 0 Å². The van der Waals surface area contributed by atoms with Crippen LogP contribution in [0.2, 0.25) is 0 Å². The number of nitrogens with two attached hydrogens (primary N) is 1. The van der Waals surface area contributed by atoms with Gasteiger partial charge in [0, 0.05) is 60.5 Å². The third kappa shape index (κ3) is 7.66. The van der Waals surface area contributed by atoms with Gasteiger partial charge in [-0.1, -0.05) is 6.92 Å². The minimum atomic E-state index is -0.488. The number of benzene rings is 1. The Balaban J connectivity index is 1.82. The van der Waals surface area contributed by atoms with Gasteiger partial charge in [-0.05, 0) is 62.9 Å². The molecular formula is C25H35FN8OS. The van der Waals surface area contributed by atoms with Crippen LogP contribution in [0.3, 0.4) is 0 Å². The SMILES string of the molecule is CCC(=O)Nc1ccc(Sc2nc(N/C(N)=C/C(C)=N)cc(N3CCN(C(C)(C)CF)CC3)n2)cc1. The summed E-state index contributed by atoms with van der Waals surface area (Å²) in [5, 5.41) is 14.1. The number of carbonyl (C=O) groups is 1. The molecule has 2 aromatic rings. The zero-order valence-corrected chi connectivity index (χ0v) is 22.1. The van der Waals surface area contributed by atoms with Crippen LogP contribution in [0.25, 0.3) is 0 Å². The van der Waals surface area contributed by atoms with Gasteiger partial charge in [0.1, 0.15) is 24.1 Å². The molecule has 1 aromatic heterocycles. The molecule has 0 atom stereocenters.